The number of amides is 1. The van der Waals surface area contributed by atoms with Crippen LogP contribution in [0.5, 0.6) is 0 Å². The van der Waals surface area contributed by atoms with Gasteiger partial charge in [-0.05, 0) is 48.7 Å². The number of benzene rings is 2. The number of ether oxygens (including phenoxy) is 1. The minimum Gasteiger partial charge on any atom is -0.378 e. The van der Waals surface area contributed by atoms with Gasteiger partial charge in [0, 0.05) is 36.9 Å². The molecule has 1 saturated heterocycles. The van der Waals surface area contributed by atoms with Crippen molar-refractivity contribution >= 4 is 21.6 Å². The van der Waals surface area contributed by atoms with Crippen LogP contribution in [0.1, 0.15) is 41.6 Å². The largest absolute Gasteiger partial charge is 0.378 e. The third kappa shape index (κ3) is 5.64. The number of sulfonamides is 1. The van der Waals surface area contributed by atoms with Gasteiger partial charge in [0.05, 0.1) is 18.1 Å². The average Bonchev–Trinajstić information content (AvgIpc) is 3.31. The van der Waals surface area contributed by atoms with Crippen LogP contribution in [0.4, 0.5) is 5.69 Å². The molecule has 8 heteroatoms. The van der Waals surface area contributed by atoms with Crippen molar-refractivity contribution in [3.05, 3.63) is 59.7 Å². The molecule has 1 heterocycles. The second-order valence-corrected chi connectivity index (χ2v) is 9.79. The zero-order chi connectivity index (χ0) is 21.7. The topological polar surface area (TPSA) is 87.7 Å². The van der Waals surface area contributed by atoms with Crippen LogP contribution >= 0.6 is 0 Å². The summed E-state index contributed by atoms with van der Waals surface area (Å²) in [5, 5.41) is 2.88. The lowest BCUT2D eigenvalue weighted by molar-refractivity contribution is 0.0950. The van der Waals surface area contributed by atoms with Gasteiger partial charge < -0.3 is 15.0 Å². The van der Waals surface area contributed by atoms with Crippen molar-refractivity contribution in [2.24, 2.45) is 0 Å². The molecule has 1 saturated carbocycles. The smallest absolute Gasteiger partial charge is 0.251 e. The van der Waals surface area contributed by atoms with Crippen molar-refractivity contribution in [1.82, 2.24) is 10.0 Å². The average molecular weight is 444 g/mol. The Morgan fingerprint density at radius 2 is 1.74 bits per heavy atom. The predicted molar refractivity (Wildman–Crippen MR) is 120 cm³/mol. The van der Waals surface area contributed by atoms with Gasteiger partial charge in [0.2, 0.25) is 10.0 Å². The fourth-order valence-electron chi connectivity index (χ4n) is 4.07. The molecule has 1 aliphatic heterocycles. The highest BCUT2D eigenvalue weighted by Crippen LogP contribution is 2.21. The summed E-state index contributed by atoms with van der Waals surface area (Å²) in [5.41, 5.74) is 2.46. The predicted octanol–water partition coefficient (Wildman–Crippen LogP) is 2.67. The standard InChI is InChI=1S/C23H29N3O4S/c27-23(24-17-18-8-10-21(11-9-18)26-12-14-30-15-13-26)19-4-3-7-22(16-19)31(28,29)25-20-5-1-2-6-20/h3-4,7-11,16,20,25H,1-2,5-6,12-15,17H2,(H,24,27). The number of hydrogen-bond acceptors (Lipinski definition) is 5. The maximum Gasteiger partial charge on any atom is 0.251 e. The number of carbonyl (C=O) groups is 1. The molecule has 1 aliphatic carbocycles. The minimum absolute atomic E-state index is 0.0112. The van der Waals surface area contributed by atoms with Crippen LogP contribution in [0, 0.1) is 0 Å². The van der Waals surface area contributed by atoms with Crippen LogP contribution < -0.4 is 14.9 Å². The number of morpholine rings is 1. The molecule has 2 aliphatic rings. The van der Waals surface area contributed by atoms with Crippen LogP contribution in [0.3, 0.4) is 0 Å². The van der Waals surface area contributed by atoms with E-state index in [-0.39, 0.29) is 16.8 Å². The summed E-state index contributed by atoms with van der Waals surface area (Å²) >= 11 is 0. The monoisotopic (exact) mass is 443 g/mol. The van der Waals surface area contributed by atoms with Crippen molar-refractivity contribution in [1.29, 1.82) is 0 Å². The molecule has 0 unspecified atom stereocenters. The molecule has 2 N–H and O–H groups in total. The highest BCUT2D eigenvalue weighted by molar-refractivity contribution is 7.89. The second-order valence-electron chi connectivity index (χ2n) is 8.08. The molecule has 0 spiro atoms. The van der Waals surface area contributed by atoms with E-state index >= 15 is 0 Å². The van der Waals surface area contributed by atoms with Gasteiger partial charge in [-0.25, -0.2) is 13.1 Å². The molecule has 31 heavy (non-hydrogen) atoms. The van der Waals surface area contributed by atoms with E-state index in [2.05, 4.69) is 27.1 Å². The highest BCUT2D eigenvalue weighted by atomic mass is 32.2. The number of nitrogens with one attached hydrogen (secondary N) is 2. The number of nitrogens with zero attached hydrogens (tertiary/aromatic N) is 1. The van der Waals surface area contributed by atoms with Gasteiger partial charge in [-0.2, -0.15) is 0 Å². The molecule has 0 radical (unpaired) electrons. The van der Waals surface area contributed by atoms with Crippen molar-refractivity contribution in [3.8, 4) is 0 Å². The normalized spacial score (nSPS) is 17.6. The van der Waals surface area contributed by atoms with E-state index in [0.29, 0.717) is 12.1 Å². The van der Waals surface area contributed by atoms with Crippen LogP contribution in [-0.4, -0.2) is 46.7 Å². The van der Waals surface area contributed by atoms with Gasteiger partial charge in [0.1, 0.15) is 0 Å². The van der Waals surface area contributed by atoms with E-state index in [1.165, 1.54) is 12.1 Å². The quantitative estimate of drug-likeness (QED) is 0.687. The lowest BCUT2D eigenvalue weighted by Crippen LogP contribution is -2.36. The van der Waals surface area contributed by atoms with E-state index in [1.807, 2.05) is 12.1 Å². The van der Waals surface area contributed by atoms with E-state index in [1.54, 1.807) is 12.1 Å². The summed E-state index contributed by atoms with van der Waals surface area (Å²) < 4.78 is 33.4. The lowest BCUT2D eigenvalue weighted by atomic mass is 10.1. The molecule has 2 fully saturated rings. The molecule has 0 aromatic heterocycles. The first-order chi connectivity index (χ1) is 15.0. The molecule has 2 aromatic rings. The molecule has 7 nitrogen and oxygen atoms in total. The van der Waals surface area contributed by atoms with E-state index in [4.69, 9.17) is 4.74 Å². The fraction of sp³-hybridized carbons (Fsp3) is 0.435. The molecule has 1 amide bonds. The Balaban J connectivity index is 1.36. The van der Waals surface area contributed by atoms with Gasteiger partial charge in [-0.1, -0.05) is 31.0 Å². The lowest BCUT2D eigenvalue weighted by Gasteiger charge is -2.28. The zero-order valence-corrected chi connectivity index (χ0v) is 18.4. The summed E-state index contributed by atoms with van der Waals surface area (Å²) in [6.07, 6.45) is 3.82. The Bertz CT molecular complexity index is 996. The van der Waals surface area contributed by atoms with Gasteiger partial charge in [0.25, 0.3) is 5.91 Å². The number of carbonyl (C=O) groups excluding carboxylic acids is 1. The second kappa shape index (κ2) is 9.80. The summed E-state index contributed by atoms with van der Waals surface area (Å²) in [6.45, 7) is 3.61. The maximum atomic E-state index is 12.7. The Kier molecular flexibility index (Phi) is 6.89. The first kappa shape index (κ1) is 21.8. The first-order valence-electron chi connectivity index (χ1n) is 10.8. The molecular weight excluding hydrogens is 414 g/mol. The SMILES string of the molecule is O=C(NCc1ccc(N2CCOCC2)cc1)c1cccc(S(=O)(=O)NC2CCCC2)c1. The Labute approximate surface area is 183 Å². The maximum absolute atomic E-state index is 12.7. The summed E-state index contributed by atoms with van der Waals surface area (Å²) in [7, 11) is -3.63. The van der Waals surface area contributed by atoms with Crippen molar-refractivity contribution in [2.75, 3.05) is 31.2 Å². The van der Waals surface area contributed by atoms with Crippen molar-refractivity contribution in [3.63, 3.8) is 0 Å². The van der Waals surface area contributed by atoms with Crippen molar-refractivity contribution < 1.29 is 17.9 Å². The summed E-state index contributed by atoms with van der Waals surface area (Å²) in [6, 6.07) is 14.3. The third-order valence-corrected chi connectivity index (χ3v) is 7.37. The van der Waals surface area contributed by atoms with Crippen molar-refractivity contribution in [2.45, 2.75) is 43.2 Å². The van der Waals surface area contributed by atoms with Crippen LogP contribution in [-0.2, 0) is 21.3 Å². The van der Waals surface area contributed by atoms with E-state index in [0.717, 1.165) is 63.2 Å². The molecular formula is C23H29N3O4S. The Morgan fingerprint density at radius 3 is 2.45 bits per heavy atom. The summed E-state index contributed by atoms with van der Waals surface area (Å²) in [4.78, 5) is 15.0. The zero-order valence-electron chi connectivity index (χ0n) is 17.5. The number of hydrogen-bond donors (Lipinski definition) is 2. The third-order valence-electron chi connectivity index (χ3n) is 5.85. The van der Waals surface area contributed by atoms with Gasteiger partial charge in [-0.15, -0.1) is 0 Å². The van der Waals surface area contributed by atoms with Crippen LogP contribution in [0.2, 0.25) is 0 Å². The molecule has 4 rings (SSSR count). The molecule has 0 bridgehead atoms. The molecule has 2 aromatic carbocycles. The van der Waals surface area contributed by atoms with Gasteiger partial charge >= 0.3 is 0 Å². The van der Waals surface area contributed by atoms with Crippen LogP contribution in [0.25, 0.3) is 0 Å². The highest BCUT2D eigenvalue weighted by Gasteiger charge is 2.23. The van der Waals surface area contributed by atoms with E-state index in [9.17, 15) is 13.2 Å². The Morgan fingerprint density at radius 1 is 1.03 bits per heavy atom. The molecule has 166 valence electrons. The van der Waals surface area contributed by atoms with Gasteiger partial charge in [-0.3, -0.25) is 4.79 Å². The summed E-state index contributed by atoms with van der Waals surface area (Å²) in [5.74, 6) is -0.296. The molecule has 0 atom stereocenters. The van der Waals surface area contributed by atoms with E-state index < -0.39 is 10.0 Å². The first-order valence-corrected chi connectivity index (χ1v) is 12.3. The Hall–Kier alpha value is -2.42. The van der Waals surface area contributed by atoms with Gasteiger partial charge in [0.15, 0.2) is 0 Å². The minimum atomic E-state index is -3.63. The number of anilines is 1. The van der Waals surface area contributed by atoms with Crippen LogP contribution in [0.15, 0.2) is 53.4 Å². The fourth-order valence-corrected chi connectivity index (χ4v) is 5.42. The number of rotatable bonds is 7.